The van der Waals surface area contributed by atoms with Crippen LogP contribution in [0.5, 0.6) is 0 Å². The molecule has 0 amide bonds. The Labute approximate surface area is 160 Å². The SMILES string of the molecule is Brc1ccc(NCc2n[nH]nc2-c2ccccc2)cc1.c1ccncc1. The van der Waals surface area contributed by atoms with Gasteiger partial charge in [-0.15, -0.1) is 0 Å². The smallest absolute Gasteiger partial charge is 0.117 e. The first-order chi connectivity index (χ1) is 12.8. The summed E-state index contributed by atoms with van der Waals surface area (Å²) in [6.45, 7) is 0.627. The Balaban J connectivity index is 0.000000278. The molecule has 6 heteroatoms. The summed E-state index contributed by atoms with van der Waals surface area (Å²) in [6.07, 6.45) is 3.50. The number of aromatic nitrogens is 4. The zero-order valence-electron chi connectivity index (χ0n) is 14.0. The molecule has 0 aliphatic rings. The van der Waals surface area contributed by atoms with Crippen molar-refractivity contribution >= 4 is 21.6 Å². The van der Waals surface area contributed by atoms with E-state index in [1.807, 2.05) is 72.8 Å². The minimum Gasteiger partial charge on any atom is -0.379 e. The fourth-order valence-electron chi connectivity index (χ4n) is 2.27. The molecule has 0 fully saturated rings. The van der Waals surface area contributed by atoms with Crippen molar-refractivity contribution in [1.29, 1.82) is 0 Å². The first kappa shape index (κ1) is 17.8. The normalized spacial score (nSPS) is 9.88. The molecule has 0 aliphatic carbocycles. The van der Waals surface area contributed by atoms with Gasteiger partial charge in [0, 0.05) is 28.1 Å². The number of benzene rings is 2. The molecule has 0 spiro atoms. The van der Waals surface area contributed by atoms with Gasteiger partial charge in [0.1, 0.15) is 11.4 Å². The number of rotatable bonds is 4. The molecular weight excluding hydrogens is 390 g/mol. The quantitative estimate of drug-likeness (QED) is 0.503. The van der Waals surface area contributed by atoms with Crippen LogP contribution in [0, 0.1) is 0 Å². The number of anilines is 1. The van der Waals surface area contributed by atoms with Gasteiger partial charge < -0.3 is 5.32 Å². The van der Waals surface area contributed by atoms with E-state index in [4.69, 9.17) is 0 Å². The third-order valence-electron chi connectivity index (χ3n) is 3.54. The van der Waals surface area contributed by atoms with Crippen molar-refractivity contribution in [2.75, 3.05) is 5.32 Å². The number of nitrogens with zero attached hydrogens (tertiary/aromatic N) is 3. The van der Waals surface area contributed by atoms with Gasteiger partial charge in [0.15, 0.2) is 0 Å². The maximum absolute atomic E-state index is 4.23. The minimum atomic E-state index is 0.627. The number of pyridine rings is 1. The Bertz CT molecular complexity index is 866. The summed E-state index contributed by atoms with van der Waals surface area (Å²) < 4.78 is 1.06. The number of hydrogen-bond donors (Lipinski definition) is 2. The lowest BCUT2D eigenvalue weighted by Gasteiger charge is -2.05. The van der Waals surface area contributed by atoms with Crippen molar-refractivity contribution in [3.63, 3.8) is 0 Å². The standard InChI is InChI=1S/C15H13BrN4.C5H5N/c16-12-6-8-13(9-7-12)17-10-14-15(19-20-18-14)11-4-2-1-3-5-11;1-2-4-6-5-3-1/h1-9,17H,10H2,(H,18,19,20);1-5H. The van der Waals surface area contributed by atoms with Gasteiger partial charge >= 0.3 is 0 Å². The predicted octanol–water partition coefficient (Wildman–Crippen LogP) is 4.93. The highest BCUT2D eigenvalue weighted by Gasteiger charge is 2.09. The summed E-state index contributed by atoms with van der Waals surface area (Å²) in [7, 11) is 0. The lowest BCUT2D eigenvalue weighted by Crippen LogP contribution is -2.01. The Kier molecular flexibility index (Phi) is 6.50. The summed E-state index contributed by atoms with van der Waals surface area (Å²) >= 11 is 3.42. The Morgan fingerprint density at radius 1 is 0.808 bits per heavy atom. The molecule has 2 aromatic heterocycles. The molecule has 0 radical (unpaired) electrons. The molecule has 4 aromatic rings. The van der Waals surface area contributed by atoms with Gasteiger partial charge in [-0.1, -0.05) is 52.3 Å². The molecule has 0 bridgehead atoms. The third-order valence-corrected chi connectivity index (χ3v) is 4.07. The molecule has 0 saturated carbocycles. The molecule has 130 valence electrons. The van der Waals surface area contributed by atoms with Crippen molar-refractivity contribution in [2.24, 2.45) is 0 Å². The van der Waals surface area contributed by atoms with Crippen LogP contribution in [0.4, 0.5) is 5.69 Å². The average Bonchev–Trinajstić information content (AvgIpc) is 3.19. The Morgan fingerprint density at radius 2 is 1.50 bits per heavy atom. The molecule has 2 aromatic carbocycles. The van der Waals surface area contributed by atoms with Crippen LogP contribution in [0.1, 0.15) is 5.69 Å². The number of H-pyrrole nitrogens is 1. The molecule has 0 aliphatic heterocycles. The van der Waals surface area contributed by atoms with E-state index in [1.165, 1.54) is 0 Å². The van der Waals surface area contributed by atoms with Crippen molar-refractivity contribution in [2.45, 2.75) is 6.54 Å². The highest BCUT2D eigenvalue weighted by Crippen LogP contribution is 2.20. The first-order valence-electron chi connectivity index (χ1n) is 8.12. The second-order valence-corrected chi connectivity index (χ2v) is 6.29. The lowest BCUT2D eigenvalue weighted by molar-refractivity contribution is 0.911. The first-order valence-corrected chi connectivity index (χ1v) is 8.92. The Hall–Kier alpha value is -2.99. The molecule has 2 heterocycles. The molecule has 0 saturated heterocycles. The largest absolute Gasteiger partial charge is 0.379 e. The maximum atomic E-state index is 4.23. The van der Waals surface area contributed by atoms with Gasteiger partial charge in [0.05, 0.1) is 6.54 Å². The monoisotopic (exact) mass is 407 g/mol. The molecule has 5 nitrogen and oxygen atoms in total. The van der Waals surface area contributed by atoms with Crippen molar-refractivity contribution in [1.82, 2.24) is 20.4 Å². The Morgan fingerprint density at radius 3 is 2.12 bits per heavy atom. The molecule has 4 rings (SSSR count). The van der Waals surface area contributed by atoms with E-state index in [9.17, 15) is 0 Å². The van der Waals surface area contributed by atoms with Gasteiger partial charge in [0.2, 0.25) is 0 Å². The summed E-state index contributed by atoms with van der Waals surface area (Å²) in [5.74, 6) is 0. The van der Waals surface area contributed by atoms with Gasteiger partial charge in [0.25, 0.3) is 0 Å². The average molecular weight is 408 g/mol. The van der Waals surface area contributed by atoms with Crippen molar-refractivity contribution < 1.29 is 0 Å². The van der Waals surface area contributed by atoms with Gasteiger partial charge in [-0.05, 0) is 36.4 Å². The van der Waals surface area contributed by atoms with E-state index in [0.29, 0.717) is 6.54 Å². The van der Waals surface area contributed by atoms with E-state index >= 15 is 0 Å². The number of halogens is 1. The van der Waals surface area contributed by atoms with Crippen LogP contribution in [0.25, 0.3) is 11.3 Å². The zero-order chi connectivity index (χ0) is 18.0. The van der Waals surface area contributed by atoms with Gasteiger partial charge in [-0.2, -0.15) is 15.4 Å². The van der Waals surface area contributed by atoms with E-state index in [1.54, 1.807) is 12.4 Å². The van der Waals surface area contributed by atoms with E-state index < -0.39 is 0 Å². The van der Waals surface area contributed by atoms with E-state index in [0.717, 1.165) is 27.1 Å². The number of hydrogen-bond acceptors (Lipinski definition) is 4. The van der Waals surface area contributed by atoms with Crippen molar-refractivity contribution in [3.8, 4) is 11.3 Å². The van der Waals surface area contributed by atoms with Gasteiger partial charge in [-0.25, -0.2) is 0 Å². The van der Waals surface area contributed by atoms with Crippen LogP contribution in [0.3, 0.4) is 0 Å². The zero-order valence-corrected chi connectivity index (χ0v) is 15.6. The molecule has 26 heavy (non-hydrogen) atoms. The maximum Gasteiger partial charge on any atom is 0.117 e. The summed E-state index contributed by atoms with van der Waals surface area (Å²) in [6, 6.07) is 23.8. The molecule has 2 N–H and O–H groups in total. The topological polar surface area (TPSA) is 66.5 Å². The summed E-state index contributed by atoms with van der Waals surface area (Å²) in [5, 5.41) is 14.5. The van der Waals surface area contributed by atoms with Crippen LogP contribution >= 0.6 is 15.9 Å². The van der Waals surface area contributed by atoms with Crippen LogP contribution in [0.2, 0.25) is 0 Å². The molecule has 0 atom stereocenters. The predicted molar refractivity (Wildman–Crippen MR) is 108 cm³/mol. The van der Waals surface area contributed by atoms with E-state index in [2.05, 4.69) is 41.6 Å². The highest BCUT2D eigenvalue weighted by molar-refractivity contribution is 9.10. The minimum absolute atomic E-state index is 0.627. The summed E-state index contributed by atoms with van der Waals surface area (Å²) in [5.41, 5.74) is 3.90. The highest BCUT2D eigenvalue weighted by atomic mass is 79.9. The van der Waals surface area contributed by atoms with Crippen LogP contribution in [-0.2, 0) is 6.54 Å². The molecular formula is C20H18BrN5. The van der Waals surface area contributed by atoms with Gasteiger partial charge in [-0.3, -0.25) is 4.98 Å². The lowest BCUT2D eigenvalue weighted by atomic mass is 10.1. The number of nitrogens with one attached hydrogen (secondary N) is 2. The van der Waals surface area contributed by atoms with Crippen LogP contribution < -0.4 is 5.32 Å². The third kappa shape index (κ3) is 5.26. The van der Waals surface area contributed by atoms with E-state index in [-0.39, 0.29) is 0 Å². The van der Waals surface area contributed by atoms with Crippen LogP contribution in [0.15, 0.2) is 89.7 Å². The second kappa shape index (κ2) is 9.48. The second-order valence-electron chi connectivity index (χ2n) is 5.37. The fraction of sp³-hybridized carbons (Fsp3) is 0.0500. The summed E-state index contributed by atoms with van der Waals surface area (Å²) in [4.78, 5) is 3.78. The molecule has 0 unspecified atom stereocenters. The van der Waals surface area contributed by atoms with Crippen molar-refractivity contribution in [3.05, 3.63) is 95.4 Å². The number of aromatic amines is 1. The van der Waals surface area contributed by atoms with Crippen LogP contribution in [-0.4, -0.2) is 20.4 Å². The fourth-order valence-corrected chi connectivity index (χ4v) is 2.53.